The molecule has 2 heterocycles. The second kappa shape index (κ2) is 5.00. The standard InChI is InChI=1S/C13H22N4/c1-9-4-5-12(6-14)8-17(9)13-7-15-10(2)11(3)16-13/h7,9,12H,4-6,8,14H2,1-3H3. The Kier molecular flexibility index (Phi) is 3.62. The number of nitrogens with two attached hydrogens (primary N) is 1. The summed E-state index contributed by atoms with van der Waals surface area (Å²) in [6.07, 6.45) is 4.31. The number of piperidine rings is 1. The Labute approximate surface area is 103 Å². The fourth-order valence-corrected chi connectivity index (χ4v) is 2.36. The lowest BCUT2D eigenvalue weighted by atomic mass is 9.93. The Morgan fingerprint density at radius 1 is 1.35 bits per heavy atom. The summed E-state index contributed by atoms with van der Waals surface area (Å²) in [6.45, 7) is 8.04. The minimum atomic E-state index is 0.536. The van der Waals surface area contributed by atoms with E-state index in [1.807, 2.05) is 20.0 Å². The van der Waals surface area contributed by atoms with Crippen LogP contribution in [0.15, 0.2) is 6.20 Å². The van der Waals surface area contributed by atoms with Crippen molar-refractivity contribution in [1.29, 1.82) is 0 Å². The summed E-state index contributed by atoms with van der Waals surface area (Å²) in [5.41, 5.74) is 7.81. The number of anilines is 1. The van der Waals surface area contributed by atoms with E-state index in [0.29, 0.717) is 12.0 Å². The van der Waals surface area contributed by atoms with E-state index in [-0.39, 0.29) is 0 Å². The van der Waals surface area contributed by atoms with Crippen LogP contribution in [0.25, 0.3) is 0 Å². The Balaban J connectivity index is 2.21. The highest BCUT2D eigenvalue weighted by Gasteiger charge is 2.25. The molecule has 4 nitrogen and oxygen atoms in total. The highest BCUT2D eigenvalue weighted by atomic mass is 15.2. The zero-order valence-electron chi connectivity index (χ0n) is 11.0. The quantitative estimate of drug-likeness (QED) is 0.845. The molecule has 2 N–H and O–H groups in total. The maximum absolute atomic E-state index is 5.78. The van der Waals surface area contributed by atoms with Crippen molar-refractivity contribution < 1.29 is 0 Å². The van der Waals surface area contributed by atoms with Gasteiger partial charge in [0.05, 0.1) is 17.6 Å². The van der Waals surface area contributed by atoms with Gasteiger partial charge in [-0.3, -0.25) is 4.98 Å². The minimum Gasteiger partial charge on any atom is -0.352 e. The van der Waals surface area contributed by atoms with Gasteiger partial charge in [0.2, 0.25) is 0 Å². The van der Waals surface area contributed by atoms with E-state index in [0.717, 1.165) is 30.3 Å². The van der Waals surface area contributed by atoms with Crippen LogP contribution in [0.4, 0.5) is 5.82 Å². The molecule has 94 valence electrons. The van der Waals surface area contributed by atoms with E-state index in [2.05, 4.69) is 21.8 Å². The molecule has 1 aliphatic rings. The van der Waals surface area contributed by atoms with Crippen molar-refractivity contribution in [2.24, 2.45) is 11.7 Å². The highest BCUT2D eigenvalue weighted by molar-refractivity contribution is 5.39. The van der Waals surface area contributed by atoms with Gasteiger partial charge in [0, 0.05) is 12.6 Å². The van der Waals surface area contributed by atoms with Gasteiger partial charge in [0.15, 0.2) is 0 Å². The summed E-state index contributed by atoms with van der Waals surface area (Å²) in [6, 6.07) is 0.536. The zero-order valence-corrected chi connectivity index (χ0v) is 11.0. The van der Waals surface area contributed by atoms with E-state index in [4.69, 9.17) is 5.73 Å². The zero-order chi connectivity index (χ0) is 12.4. The van der Waals surface area contributed by atoms with Gasteiger partial charge in [0.25, 0.3) is 0 Å². The lowest BCUT2D eigenvalue weighted by molar-refractivity contribution is 0.371. The van der Waals surface area contributed by atoms with E-state index >= 15 is 0 Å². The molecule has 0 bridgehead atoms. The van der Waals surface area contributed by atoms with Crippen LogP contribution < -0.4 is 10.6 Å². The normalized spacial score (nSPS) is 25.1. The minimum absolute atomic E-state index is 0.536. The lowest BCUT2D eigenvalue weighted by Gasteiger charge is -2.38. The van der Waals surface area contributed by atoms with Gasteiger partial charge in [-0.15, -0.1) is 0 Å². The third-order valence-corrected chi connectivity index (χ3v) is 3.79. The summed E-state index contributed by atoms with van der Waals surface area (Å²) < 4.78 is 0. The SMILES string of the molecule is Cc1ncc(N2CC(CN)CCC2C)nc1C. The fourth-order valence-electron chi connectivity index (χ4n) is 2.36. The van der Waals surface area contributed by atoms with Gasteiger partial charge in [-0.05, 0) is 46.1 Å². The number of hydrogen-bond donors (Lipinski definition) is 1. The molecular formula is C13H22N4. The van der Waals surface area contributed by atoms with Crippen LogP contribution in [0.2, 0.25) is 0 Å². The third kappa shape index (κ3) is 2.57. The summed E-state index contributed by atoms with van der Waals surface area (Å²) in [7, 11) is 0. The van der Waals surface area contributed by atoms with E-state index in [1.165, 1.54) is 12.8 Å². The number of aromatic nitrogens is 2. The van der Waals surface area contributed by atoms with Crippen molar-refractivity contribution in [3.05, 3.63) is 17.6 Å². The first-order valence-corrected chi connectivity index (χ1v) is 6.38. The molecule has 2 rings (SSSR count). The van der Waals surface area contributed by atoms with Gasteiger partial charge in [0.1, 0.15) is 5.82 Å². The van der Waals surface area contributed by atoms with Crippen molar-refractivity contribution in [1.82, 2.24) is 9.97 Å². The molecule has 1 saturated heterocycles. The second-order valence-corrected chi connectivity index (χ2v) is 5.08. The molecule has 0 aliphatic carbocycles. The van der Waals surface area contributed by atoms with Crippen LogP contribution in [0.5, 0.6) is 0 Å². The Hall–Kier alpha value is -1.16. The molecule has 1 aromatic rings. The molecule has 1 aliphatic heterocycles. The van der Waals surface area contributed by atoms with Crippen LogP contribution in [0.3, 0.4) is 0 Å². The van der Waals surface area contributed by atoms with Crippen molar-refractivity contribution in [2.45, 2.75) is 39.7 Å². The van der Waals surface area contributed by atoms with Crippen molar-refractivity contribution in [2.75, 3.05) is 18.0 Å². The average molecular weight is 234 g/mol. The number of aryl methyl sites for hydroxylation is 2. The Bertz CT molecular complexity index is 391. The van der Waals surface area contributed by atoms with E-state index in [1.54, 1.807) is 0 Å². The van der Waals surface area contributed by atoms with Gasteiger partial charge in [-0.25, -0.2) is 4.98 Å². The summed E-state index contributed by atoms with van der Waals surface area (Å²) in [5.74, 6) is 1.59. The summed E-state index contributed by atoms with van der Waals surface area (Å²) >= 11 is 0. The molecule has 0 amide bonds. The predicted octanol–water partition coefficient (Wildman–Crippen LogP) is 1.66. The molecule has 0 aromatic carbocycles. The molecule has 1 aromatic heterocycles. The second-order valence-electron chi connectivity index (χ2n) is 5.08. The monoisotopic (exact) mass is 234 g/mol. The molecule has 0 saturated carbocycles. The molecule has 0 radical (unpaired) electrons. The Morgan fingerprint density at radius 3 is 2.76 bits per heavy atom. The number of rotatable bonds is 2. The van der Waals surface area contributed by atoms with Crippen molar-refractivity contribution in [3.63, 3.8) is 0 Å². The maximum atomic E-state index is 5.78. The van der Waals surface area contributed by atoms with Crippen LogP contribution in [0.1, 0.15) is 31.2 Å². The highest BCUT2D eigenvalue weighted by Crippen LogP contribution is 2.25. The third-order valence-electron chi connectivity index (χ3n) is 3.79. The largest absolute Gasteiger partial charge is 0.352 e. The van der Waals surface area contributed by atoms with Crippen LogP contribution in [-0.4, -0.2) is 29.1 Å². The molecule has 2 unspecified atom stereocenters. The first kappa shape index (κ1) is 12.3. The van der Waals surface area contributed by atoms with Gasteiger partial charge < -0.3 is 10.6 Å². The molecular weight excluding hydrogens is 212 g/mol. The topological polar surface area (TPSA) is 55.0 Å². The Morgan fingerprint density at radius 2 is 2.12 bits per heavy atom. The summed E-state index contributed by atoms with van der Waals surface area (Å²) in [5, 5.41) is 0. The van der Waals surface area contributed by atoms with E-state index in [9.17, 15) is 0 Å². The molecule has 0 spiro atoms. The predicted molar refractivity (Wildman–Crippen MR) is 70.1 cm³/mol. The van der Waals surface area contributed by atoms with Gasteiger partial charge in [-0.2, -0.15) is 0 Å². The first-order chi connectivity index (χ1) is 8.11. The molecule has 17 heavy (non-hydrogen) atoms. The summed E-state index contributed by atoms with van der Waals surface area (Å²) in [4.78, 5) is 11.4. The maximum Gasteiger partial charge on any atom is 0.147 e. The molecule has 4 heteroatoms. The van der Waals surface area contributed by atoms with Gasteiger partial charge in [-0.1, -0.05) is 0 Å². The number of hydrogen-bond acceptors (Lipinski definition) is 4. The van der Waals surface area contributed by atoms with Crippen LogP contribution >= 0.6 is 0 Å². The van der Waals surface area contributed by atoms with Crippen LogP contribution in [0, 0.1) is 19.8 Å². The fraction of sp³-hybridized carbons (Fsp3) is 0.692. The first-order valence-electron chi connectivity index (χ1n) is 6.38. The smallest absolute Gasteiger partial charge is 0.147 e. The lowest BCUT2D eigenvalue weighted by Crippen LogP contribution is -2.44. The number of nitrogens with zero attached hydrogens (tertiary/aromatic N) is 3. The molecule has 2 atom stereocenters. The van der Waals surface area contributed by atoms with Crippen molar-refractivity contribution >= 4 is 5.82 Å². The average Bonchev–Trinajstić information content (AvgIpc) is 2.33. The van der Waals surface area contributed by atoms with E-state index < -0.39 is 0 Å². The molecule has 1 fully saturated rings. The van der Waals surface area contributed by atoms with Crippen LogP contribution in [-0.2, 0) is 0 Å². The van der Waals surface area contributed by atoms with Crippen molar-refractivity contribution in [3.8, 4) is 0 Å². The van der Waals surface area contributed by atoms with Gasteiger partial charge >= 0.3 is 0 Å².